The second kappa shape index (κ2) is 14.1. The molecule has 10 nitrogen and oxygen atoms in total. The van der Waals surface area contributed by atoms with Crippen molar-refractivity contribution in [2.24, 2.45) is 0 Å². The van der Waals surface area contributed by atoms with Gasteiger partial charge in [0.25, 0.3) is 0 Å². The monoisotopic (exact) mass is 696 g/mol. The number of benzene rings is 4. The lowest BCUT2D eigenvalue weighted by Crippen LogP contribution is -2.35. The van der Waals surface area contributed by atoms with Crippen molar-refractivity contribution in [3.8, 4) is 62.9 Å². The Bertz CT molecular complexity index is 1960. The fourth-order valence-corrected chi connectivity index (χ4v) is 8.20. The standard InChI is InChI=1S/C41H48N2O8/c1-42-12-10-23-16-32(44-3)34(46-5)20-27(23)29(42)15-26-19-33(45-4)36(48-7)22-31(26)51-37-18-25-14-30-39-24(11-13-43(30)2)17-38(49-8)41(50-9)40(39)28(25)21-35(37)47-6/h16-22,29-30H,10-15H2,1-9H3/t29?,30-/m0/s1. The van der Waals surface area contributed by atoms with Gasteiger partial charge in [-0.2, -0.15) is 0 Å². The van der Waals surface area contributed by atoms with E-state index in [0.717, 1.165) is 71.9 Å². The van der Waals surface area contributed by atoms with Crippen LogP contribution in [0.2, 0.25) is 0 Å². The first kappa shape index (κ1) is 34.6. The van der Waals surface area contributed by atoms with Crippen LogP contribution in [0.25, 0.3) is 11.1 Å². The van der Waals surface area contributed by atoms with E-state index in [0.29, 0.717) is 40.9 Å². The summed E-state index contributed by atoms with van der Waals surface area (Å²) < 4.78 is 47.8. The number of methoxy groups -OCH3 is 7. The van der Waals surface area contributed by atoms with E-state index in [2.05, 4.69) is 54.2 Å². The number of ether oxygens (including phenoxy) is 8. The molecule has 10 heteroatoms. The fourth-order valence-electron chi connectivity index (χ4n) is 8.20. The van der Waals surface area contributed by atoms with Crippen LogP contribution in [0.15, 0.2) is 42.5 Å². The average Bonchev–Trinajstić information content (AvgIpc) is 3.16. The molecule has 2 atom stereocenters. The predicted molar refractivity (Wildman–Crippen MR) is 196 cm³/mol. The topological polar surface area (TPSA) is 80.3 Å². The van der Waals surface area contributed by atoms with E-state index >= 15 is 0 Å². The Morgan fingerprint density at radius 2 is 1.12 bits per heavy atom. The quantitative estimate of drug-likeness (QED) is 0.163. The van der Waals surface area contributed by atoms with Gasteiger partial charge in [0.2, 0.25) is 0 Å². The van der Waals surface area contributed by atoms with Crippen LogP contribution < -0.4 is 37.9 Å². The minimum absolute atomic E-state index is 0.0504. The normalized spacial score (nSPS) is 17.8. The summed E-state index contributed by atoms with van der Waals surface area (Å²) in [5.74, 6) is 6.05. The highest BCUT2D eigenvalue weighted by atomic mass is 16.5. The first-order valence-corrected chi connectivity index (χ1v) is 17.3. The van der Waals surface area contributed by atoms with Gasteiger partial charge in [0, 0.05) is 42.4 Å². The highest BCUT2D eigenvalue weighted by Crippen LogP contribution is 2.54. The molecule has 4 aromatic rings. The molecule has 3 aliphatic rings. The molecule has 270 valence electrons. The molecule has 7 rings (SSSR count). The molecule has 2 heterocycles. The minimum Gasteiger partial charge on any atom is -0.493 e. The van der Waals surface area contributed by atoms with Crippen LogP contribution in [0.1, 0.15) is 45.5 Å². The maximum Gasteiger partial charge on any atom is 0.169 e. The van der Waals surface area contributed by atoms with E-state index in [1.165, 1.54) is 22.3 Å². The molecule has 1 unspecified atom stereocenters. The number of rotatable bonds is 11. The minimum atomic E-state index is 0.0504. The van der Waals surface area contributed by atoms with E-state index in [4.69, 9.17) is 37.9 Å². The summed E-state index contributed by atoms with van der Waals surface area (Å²) in [6, 6.07) is 14.7. The zero-order valence-corrected chi connectivity index (χ0v) is 31.1. The van der Waals surface area contributed by atoms with Crippen LogP contribution in [-0.2, 0) is 25.7 Å². The van der Waals surface area contributed by atoms with Crippen molar-refractivity contribution in [2.75, 3.05) is 77.0 Å². The molecular weight excluding hydrogens is 648 g/mol. The summed E-state index contributed by atoms with van der Waals surface area (Å²) in [6.07, 6.45) is 3.35. The van der Waals surface area contributed by atoms with Gasteiger partial charge in [0.15, 0.2) is 46.0 Å². The molecule has 4 aromatic carbocycles. The second-order valence-electron chi connectivity index (χ2n) is 13.4. The number of hydrogen-bond acceptors (Lipinski definition) is 10. The highest BCUT2D eigenvalue weighted by Gasteiger charge is 2.37. The van der Waals surface area contributed by atoms with Gasteiger partial charge < -0.3 is 37.9 Å². The van der Waals surface area contributed by atoms with Crippen molar-refractivity contribution >= 4 is 0 Å². The Morgan fingerprint density at radius 1 is 0.549 bits per heavy atom. The third-order valence-electron chi connectivity index (χ3n) is 10.9. The fraction of sp³-hybridized carbons (Fsp3) is 0.415. The van der Waals surface area contributed by atoms with Gasteiger partial charge in [-0.25, -0.2) is 0 Å². The van der Waals surface area contributed by atoms with Gasteiger partial charge in [-0.05, 0) is 110 Å². The SMILES string of the molecule is COc1cc(CC2c3cc(OC)c(OC)cc3CCN2C)c(Oc2cc3c(cc2OC)-c2c(OC)c(OC)cc4c2[C@H](C3)N(C)CC4)cc1OC. The molecule has 0 radical (unpaired) electrons. The van der Waals surface area contributed by atoms with Crippen molar-refractivity contribution in [2.45, 2.75) is 37.8 Å². The van der Waals surface area contributed by atoms with E-state index in [-0.39, 0.29) is 12.1 Å². The van der Waals surface area contributed by atoms with E-state index in [1.807, 2.05) is 12.1 Å². The maximum absolute atomic E-state index is 6.92. The lowest BCUT2D eigenvalue weighted by molar-refractivity contribution is 0.226. The Balaban J connectivity index is 1.34. The molecule has 2 aliphatic heterocycles. The highest BCUT2D eigenvalue weighted by molar-refractivity contribution is 5.85. The van der Waals surface area contributed by atoms with Crippen LogP contribution in [0.4, 0.5) is 0 Å². The molecule has 51 heavy (non-hydrogen) atoms. The van der Waals surface area contributed by atoms with Gasteiger partial charge in [0.1, 0.15) is 5.75 Å². The predicted octanol–water partition coefficient (Wildman–Crippen LogP) is 7.06. The maximum atomic E-state index is 6.92. The number of hydrogen-bond donors (Lipinski definition) is 0. The molecule has 0 N–H and O–H groups in total. The molecular formula is C41H48N2O8. The smallest absolute Gasteiger partial charge is 0.169 e. The lowest BCUT2D eigenvalue weighted by Gasteiger charge is -2.40. The lowest BCUT2D eigenvalue weighted by atomic mass is 9.76. The van der Waals surface area contributed by atoms with Crippen LogP contribution >= 0.6 is 0 Å². The summed E-state index contributed by atoms with van der Waals surface area (Å²) >= 11 is 0. The van der Waals surface area contributed by atoms with Gasteiger partial charge in [-0.3, -0.25) is 9.80 Å². The number of nitrogens with zero attached hydrogens (tertiary/aromatic N) is 2. The molecule has 0 amide bonds. The van der Waals surface area contributed by atoms with Crippen molar-refractivity contribution in [1.29, 1.82) is 0 Å². The molecule has 0 spiro atoms. The zero-order chi connectivity index (χ0) is 36.0. The van der Waals surface area contributed by atoms with Crippen LogP contribution in [0.3, 0.4) is 0 Å². The first-order valence-electron chi connectivity index (χ1n) is 17.3. The molecule has 0 aromatic heterocycles. The summed E-state index contributed by atoms with van der Waals surface area (Å²) in [6.45, 7) is 1.87. The summed E-state index contributed by atoms with van der Waals surface area (Å²) in [7, 11) is 16.1. The Labute approximate surface area is 300 Å². The first-order chi connectivity index (χ1) is 24.8. The van der Waals surface area contributed by atoms with Crippen molar-refractivity contribution in [1.82, 2.24) is 9.80 Å². The van der Waals surface area contributed by atoms with E-state index in [1.54, 1.807) is 49.8 Å². The third kappa shape index (κ3) is 5.94. The zero-order valence-electron chi connectivity index (χ0n) is 31.1. The summed E-state index contributed by atoms with van der Waals surface area (Å²) in [4.78, 5) is 4.81. The summed E-state index contributed by atoms with van der Waals surface area (Å²) in [5.41, 5.74) is 9.31. The van der Waals surface area contributed by atoms with Crippen LogP contribution in [0.5, 0.6) is 51.7 Å². The molecule has 1 aliphatic carbocycles. The van der Waals surface area contributed by atoms with Crippen LogP contribution in [-0.4, -0.2) is 86.8 Å². The van der Waals surface area contributed by atoms with Gasteiger partial charge in [-0.15, -0.1) is 0 Å². The number of likely N-dealkylation sites (N-methyl/N-ethyl adjacent to an activating group) is 2. The van der Waals surface area contributed by atoms with Crippen molar-refractivity contribution in [3.63, 3.8) is 0 Å². The molecule has 0 bridgehead atoms. The van der Waals surface area contributed by atoms with E-state index in [9.17, 15) is 0 Å². The number of fused-ring (bicyclic) bond motifs is 3. The van der Waals surface area contributed by atoms with Gasteiger partial charge >= 0.3 is 0 Å². The molecule has 0 saturated heterocycles. The van der Waals surface area contributed by atoms with Crippen LogP contribution in [0, 0.1) is 0 Å². The Hall–Kier alpha value is -4.80. The third-order valence-corrected chi connectivity index (χ3v) is 10.9. The largest absolute Gasteiger partial charge is 0.493 e. The van der Waals surface area contributed by atoms with E-state index < -0.39 is 0 Å². The van der Waals surface area contributed by atoms with Gasteiger partial charge in [-0.1, -0.05) is 0 Å². The molecule has 0 fully saturated rings. The van der Waals surface area contributed by atoms with Gasteiger partial charge in [0.05, 0.1) is 49.8 Å². The second-order valence-corrected chi connectivity index (χ2v) is 13.4. The molecule has 0 saturated carbocycles. The summed E-state index contributed by atoms with van der Waals surface area (Å²) in [5, 5.41) is 0. The van der Waals surface area contributed by atoms with Crippen molar-refractivity contribution in [3.05, 3.63) is 75.8 Å². The van der Waals surface area contributed by atoms with Crippen molar-refractivity contribution < 1.29 is 37.9 Å². The average molecular weight is 697 g/mol. The Morgan fingerprint density at radius 3 is 1.80 bits per heavy atom. The Kier molecular flexibility index (Phi) is 9.56.